The van der Waals surface area contributed by atoms with Crippen molar-refractivity contribution >= 4 is 9.84 Å². The third-order valence-electron chi connectivity index (χ3n) is 4.21. The van der Waals surface area contributed by atoms with E-state index >= 15 is 0 Å². The van der Waals surface area contributed by atoms with Crippen LogP contribution in [0.3, 0.4) is 0 Å². The molecule has 1 N–H and O–H groups in total. The van der Waals surface area contributed by atoms with Gasteiger partial charge in [0, 0.05) is 30.9 Å². The lowest BCUT2D eigenvalue weighted by Gasteiger charge is -2.44. The molecule has 2 heterocycles. The van der Waals surface area contributed by atoms with Crippen LogP contribution in [-0.2, 0) is 23.4 Å². The molecule has 0 bridgehead atoms. The van der Waals surface area contributed by atoms with Crippen LogP contribution < -0.4 is 5.32 Å². The highest BCUT2D eigenvalue weighted by Crippen LogP contribution is 2.33. The summed E-state index contributed by atoms with van der Waals surface area (Å²) >= 11 is 0. The van der Waals surface area contributed by atoms with Gasteiger partial charge in [0.15, 0.2) is 9.84 Å². The van der Waals surface area contributed by atoms with E-state index < -0.39 is 14.6 Å². The largest absolute Gasteiger partial charge is 0.307 e. The molecule has 0 unspecified atom stereocenters. The number of hydrogen-bond donors (Lipinski definition) is 1. The molecular formula is C12H21N3O2S. The van der Waals surface area contributed by atoms with E-state index in [-0.39, 0.29) is 11.8 Å². The molecule has 0 amide bonds. The summed E-state index contributed by atoms with van der Waals surface area (Å²) in [6, 6.07) is 0.0292. The molecule has 1 aliphatic heterocycles. The Balaban J connectivity index is 2.06. The van der Waals surface area contributed by atoms with Gasteiger partial charge >= 0.3 is 0 Å². The van der Waals surface area contributed by atoms with E-state index in [0.717, 1.165) is 17.0 Å². The van der Waals surface area contributed by atoms with Gasteiger partial charge in [-0.15, -0.1) is 0 Å². The van der Waals surface area contributed by atoms with Gasteiger partial charge in [-0.2, -0.15) is 5.10 Å². The first-order valence-corrected chi connectivity index (χ1v) is 7.77. The summed E-state index contributed by atoms with van der Waals surface area (Å²) in [6.07, 6.45) is 0. The quantitative estimate of drug-likeness (QED) is 0.879. The fraction of sp³-hybridized carbons (Fsp3) is 0.750. The number of aryl methyl sites for hydroxylation is 2. The average molecular weight is 271 g/mol. The third-order valence-corrected chi connectivity index (χ3v) is 6.87. The predicted molar refractivity (Wildman–Crippen MR) is 71.2 cm³/mol. The smallest absolute Gasteiger partial charge is 0.158 e. The maximum absolute atomic E-state index is 11.6. The molecule has 1 fully saturated rings. The molecule has 1 atom stereocenters. The van der Waals surface area contributed by atoms with Gasteiger partial charge in [-0.1, -0.05) is 0 Å². The van der Waals surface area contributed by atoms with Crippen molar-refractivity contribution in [2.24, 2.45) is 7.05 Å². The van der Waals surface area contributed by atoms with Crippen molar-refractivity contribution in [1.29, 1.82) is 0 Å². The van der Waals surface area contributed by atoms with Crippen LogP contribution in [0.1, 0.15) is 30.8 Å². The molecule has 102 valence electrons. The summed E-state index contributed by atoms with van der Waals surface area (Å²) in [6.45, 7) is 8.25. The van der Waals surface area contributed by atoms with E-state index in [1.165, 1.54) is 0 Å². The van der Waals surface area contributed by atoms with Crippen molar-refractivity contribution in [2.45, 2.75) is 45.0 Å². The van der Waals surface area contributed by atoms with Gasteiger partial charge in [-0.25, -0.2) is 8.42 Å². The molecule has 0 spiro atoms. The molecule has 6 heteroatoms. The zero-order valence-corrected chi connectivity index (χ0v) is 12.4. The Labute approximate surface area is 108 Å². The van der Waals surface area contributed by atoms with Crippen molar-refractivity contribution in [3.05, 3.63) is 17.0 Å². The number of sulfone groups is 1. The van der Waals surface area contributed by atoms with E-state index in [2.05, 4.69) is 10.4 Å². The van der Waals surface area contributed by atoms with Crippen molar-refractivity contribution < 1.29 is 8.42 Å². The van der Waals surface area contributed by atoms with Crippen LogP contribution in [0.5, 0.6) is 0 Å². The molecule has 5 nitrogen and oxygen atoms in total. The minimum atomic E-state index is -2.91. The minimum absolute atomic E-state index is 0.0292. The van der Waals surface area contributed by atoms with Gasteiger partial charge < -0.3 is 5.32 Å². The Morgan fingerprint density at radius 3 is 2.44 bits per heavy atom. The summed E-state index contributed by atoms with van der Waals surface area (Å²) in [5.41, 5.74) is 3.29. The highest BCUT2D eigenvalue weighted by atomic mass is 32.2. The Kier molecular flexibility index (Phi) is 3.06. The second-order valence-corrected chi connectivity index (χ2v) is 8.21. The Hall–Kier alpha value is -0.880. The highest BCUT2D eigenvalue weighted by molar-refractivity contribution is 7.94. The van der Waals surface area contributed by atoms with Gasteiger partial charge in [-0.3, -0.25) is 4.68 Å². The summed E-state index contributed by atoms with van der Waals surface area (Å²) in [5, 5.41) is 7.70. The SMILES string of the molecule is Cc1nn(C)c(C)c1CN[C@H]1CS(=O)(=O)C1(C)C. The molecule has 0 aliphatic carbocycles. The van der Waals surface area contributed by atoms with E-state index in [1.54, 1.807) is 13.8 Å². The van der Waals surface area contributed by atoms with Gasteiger partial charge in [0.25, 0.3) is 0 Å². The van der Waals surface area contributed by atoms with Crippen molar-refractivity contribution in [3.63, 3.8) is 0 Å². The fourth-order valence-corrected chi connectivity index (χ4v) is 4.06. The predicted octanol–water partition coefficient (Wildman–Crippen LogP) is 0.702. The van der Waals surface area contributed by atoms with E-state index in [9.17, 15) is 8.42 Å². The van der Waals surface area contributed by atoms with Gasteiger partial charge in [0.1, 0.15) is 0 Å². The lowest BCUT2D eigenvalue weighted by molar-refractivity contribution is 0.384. The zero-order chi connectivity index (χ0) is 13.7. The first-order chi connectivity index (χ1) is 8.17. The van der Waals surface area contributed by atoms with Gasteiger partial charge in [0.05, 0.1) is 16.2 Å². The molecule has 0 saturated carbocycles. The van der Waals surface area contributed by atoms with E-state index in [4.69, 9.17) is 0 Å². The number of rotatable bonds is 3. The first kappa shape index (κ1) is 13.5. The van der Waals surface area contributed by atoms with Crippen LogP contribution in [0.25, 0.3) is 0 Å². The van der Waals surface area contributed by atoms with Crippen molar-refractivity contribution in [2.75, 3.05) is 5.75 Å². The van der Waals surface area contributed by atoms with Crippen LogP contribution >= 0.6 is 0 Å². The van der Waals surface area contributed by atoms with Crippen LogP contribution in [0.15, 0.2) is 0 Å². The standard InChI is InChI=1S/C12H21N3O2S/c1-8-10(9(2)15(5)14-8)6-13-11-7-18(16,17)12(11,3)4/h11,13H,6-7H2,1-5H3/t11-/m0/s1. The van der Waals surface area contributed by atoms with Gasteiger partial charge in [0.2, 0.25) is 0 Å². The molecule has 0 aromatic carbocycles. The van der Waals surface area contributed by atoms with E-state index in [1.807, 2.05) is 25.6 Å². The Morgan fingerprint density at radius 2 is 2.06 bits per heavy atom. The Bertz CT molecular complexity index is 572. The van der Waals surface area contributed by atoms with Crippen LogP contribution in [0.2, 0.25) is 0 Å². The van der Waals surface area contributed by atoms with Gasteiger partial charge in [-0.05, 0) is 27.7 Å². The third kappa shape index (κ3) is 1.87. The molecule has 1 saturated heterocycles. The molecule has 18 heavy (non-hydrogen) atoms. The molecule has 1 aromatic rings. The second kappa shape index (κ2) is 4.06. The summed E-state index contributed by atoms with van der Waals surface area (Å²) in [7, 11) is -0.991. The minimum Gasteiger partial charge on any atom is -0.307 e. The van der Waals surface area contributed by atoms with Crippen molar-refractivity contribution in [3.8, 4) is 0 Å². The number of nitrogens with one attached hydrogen (secondary N) is 1. The second-order valence-electron chi connectivity index (χ2n) is 5.59. The number of nitrogens with zero attached hydrogens (tertiary/aromatic N) is 2. The summed E-state index contributed by atoms with van der Waals surface area (Å²) in [5.74, 6) is 0.234. The lowest BCUT2D eigenvalue weighted by atomic mass is 10.0. The molecular weight excluding hydrogens is 250 g/mol. The molecule has 1 aliphatic rings. The van der Waals surface area contributed by atoms with Crippen LogP contribution in [0, 0.1) is 13.8 Å². The molecule has 1 aromatic heterocycles. The van der Waals surface area contributed by atoms with Crippen molar-refractivity contribution in [1.82, 2.24) is 15.1 Å². The summed E-state index contributed by atoms with van der Waals surface area (Å²) in [4.78, 5) is 0. The lowest BCUT2D eigenvalue weighted by Crippen LogP contribution is -2.65. The maximum atomic E-state index is 11.6. The number of aromatic nitrogens is 2. The number of hydrogen-bond acceptors (Lipinski definition) is 4. The topological polar surface area (TPSA) is 64.0 Å². The molecule has 2 rings (SSSR count). The normalized spacial score (nSPS) is 24.8. The van der Waals surface area contributed by atoms with Crippen LogP contribution in [-0.4, -0.2) is 34.7 Å². The maximum Gasteiger partial charge on any atom is 0.158 e. The average Bonchev–Trinajstić information content (AvgIpc) is 2.49. The van der Waals surface area contributed by atoms with E-state index in [0.29, 0.717) is 6.54 Å². The zero-order valence-electron chi connectivity index (χ0n) is 11.6. The Morgan fingerprint density at radius 1 is 1.44 bits per heavy atom. The molecule has 0 radical (unpaired) electrons. The highest BCUT2D eigenvalue weighted by Gasteiger charge is 2.53. The monoisotopic (exact) mass is 271 g/mol. The first-order valence-electron chi connectivity index (χ1n) is 6.11. The summed E-state index contributed by atoms with van der Waals surface area (Å²) < 4.78 is 24.5. The fourth-order valence-electron chi connectivity index (χ4n) is 2.36. The van der Waals surface area contributed by atoms with Crippen LogP contribution in [0.4, 0.5) is 0 Å².